The second-order valence-corrected chi connectivity index (χ2v) is 11.3. The van der Waals surface area contributed by atoms with Crippen LogP contribution < -0.4 is 14.2 Å². The highest BCUT2D eigenvalue weighted by Crippen LogP contribution is 2.44. The van der Waals surface area contributed by atoms with E-state index in [1.54, 1.807) is 30.3 Å². The van der Waals surface area contributed by atoms with Gasteiger partial charge in [-0.05, 0) is 102 Å². The Hall–Kier alpha value is -7.34. The first kappa shape index (κ1) is 35.5. The predicted octanol–water partition coefficient (Wildman–Crippen LogP) is 7.01. The van der Waals surface area contributed by atoms with Crippen molar-refractivity contribution in [1.29, 1.82) is 0 Å². The van der Waals surface area contributed by atoms with Crippen LogP contribution in [0.3, 0.4) is 0 Å². The molecule has 6 aromatic rings. The Labute approximate surface area is 301 Å². The molecule has 0 atom stereocenters. The van der Waals surface area contributed by atoms with Gasteiger partial charge in [0.2, 0.25) is 0 Å². The second-order valence-electron chi connectivity index (χ2n) is 11.3. The Morgan fingerprint density at radius 1 is 0.358 bits per heavy atom. The van der Waals surface area contributed by atoms with Crippen LogP contribution in [0.25, 0.3) is 21.5 Å². The van der Waals surface area contributed by atoms with Crippen molar-refractivity contribution < 1.29 is 57.2 Å². The number of benzene rings is 6. The lowest BCUT2D eigenvalue weighted by molar-refractivity contribution is 0.0591. The van der Waals surface area contributed by atoms with Crippen molar-refractivity contribution in [2.75, 3.05) is 21.3 Å². The molecule has 12 heteroatoms. The maximum Gasteiger partial charge on any atom is 0.343 e. The molecule has 53 heavy (non-hydrogen) atoms. The fourth-order valence-electron chi connectivity index (χ4n) is 5.44. The summed E-state index contributed by atoms with van der Waals surface area (Å²) in [5.74, 6) is -4.21. The average Bonchev–Trinajstić information content (AvgIpc) is 3.19. The number of esters is 6. The molecule has 0 saturated carbocycles. The van der Waals surface area contributed by atoms with Crippen LogP contribution in [0.4, 0.5) is 0 Å². The van der Waals surface area contributed by atoms with E-state index in [0.29, 0.717) is 10.8 Å². The first-order valence-electron chi connectivity index (χ1n) is 15.8. The number of methoxy groups -OCH3 is 3. The third kappa shape index (κ3) is 7.42. The fourth-order valence-corrected chi connectivity index (χ4v) is 5.44. The van der Waals surface area contributed by atoms with Gasteiger partial charge in [-0.15, -0.1) is 0 Å². The van der Waals surface area contributed by atoms with Gasteiger partial charge in [0.15, 0.2) is 5.75 Å². The average molecular weight is 713 g/mol. The van der Waals surface area contributed by atoms with E-state index in [9.17, 15) is 28.8 Å². The van der Waals surface area contributed by atoms with Gasteiger partial charge >= 0.3 is 35.8 Å². The summed E-state index contributed by atoms with van der Waals surface area (Å²) in [6.07, 6.45) is 0. The number of hydrogen-bond acceptors (Lipinski definition) is 12. The summed E-state index contributed by atoms with van der Waals surface area (Å²) in [6.45, 7) is 0. The van der Waals surface area contributed by atoms with Gasteiger partial charge in [0.25, 0.3) is 0 Å². The van der Waals surface area contributed by atoms with E-state index in [4.69, 9.17) is 28.4 Å². The molecule has 6 rings (SSSR count). The predicted molar refractivity (Wildman–Crippen MR) is 190 cm³/mol. The summed E-state index contributed by atoms with van der Waals surface area (Å²) in [7, 11) is 3.72. The van der Waals surface area contributed by atoms with Gasteiger partial charge in [-0.2, -0.15) is 0 Å². The molecule has 0 fully saturated rings. The lowest BCUT2D eigenvalue weighted by atomic mass is 10.00. The van der Waals surface area contributed by atoms with Crippen LogP contribution in [0.2, 0.25) is 0 Å². The molecule has 0 spiro atoms. The molecule has 0 N–H and O–H groups in total. The number of fused-ring (bicyclic) bond motifs is 2. The molecule has 0 radical (unpaired) electrons. The topological polar surface area (TPSA) is 158 Å². The Bertz CT molecular complexity index is 2280. The molecule has 6 aromatic carbocycles. The van der Waals surface area contributed by atoms with E-state index in [0.717, 1.165) is 0 Å². The minimum Gasteiger partial charge on any atom is -0.465 e. The molecular weight excluding hydrogens is 684 g/mol. The van der Waals surface area contributed by atoms with Crippen molar-refractivity contribution in [1.82, 2.24) is 0 Å². The molecule has 0 aliphatic carbocycles. The van der Waals surface area contributed by atoms with Crippen molar-refractivity contribution in [2.24, 2.45) is 0 Å². The van der Waals surface area contributed by atoms with E-state index in [1.807, 2.05) is 0 Å². The first-order chi connectivity index (χ1) is 25.6. The van der Waals surface area contributed by atoms with Gasteiger partial charge in [0, 0.05) is 0 Å². The van der Waals surface area contributed by atoms with Crippen LogP contribution in [-0.2, 0) is 14.2 Å². The standard InChI is InChI=1S/C41H28O12/c1-48-36(42)23-10-16-26(17-11-23)39(45)51-31-8-4-6-29-22-30-7-5-9-32(52-40(46)27-18-12-24(13-19-27)37(43)49-2)34(30)35(33(29)31)53-41(47)28-20-14-25(15-21-28)38(44)50-3/h4-22H,1-3H3. The number of carbonyl (C=O) groups excluding carboxylic acids is 6. The van der Waals surface area contributed by atoms with Gasteiger partial charge in [0.05, 0.1) is 65.5 Å². The lowest BCUT2D eigenvalue weighted by Gasteiger charge is -2.17. The van der Waals surface area contributed by atoms with Gasteiger partial charge in [-0.1, -0.05) is 24.3 Å². The van der Waals surface area contributed by atoms with E-state index in [-0.39, 0.29) is 61.4 Å². The van der Waals surface area contributed by atoms with Gasteiger partial charge in [0.1, 0.15) is 11.5 Å². The SMILES string of the molecule is COC(=O)c1ccc(C(=O)Oc2cccc3cc4cccc(OC(=O)c5ccc(C(=O)OC)cc5)c4c(OC(=O)c4ccc(C(=O)OC)cc4)c23)cc1. The smallest absolute Gasteiger partial charge is 0.343 e. The van der Waals surface area contributed by atoms with Gasteiger partial charge < -0.3 is 28.4 Å². The van der Waals surface area contributed by atoms with Crippen molar-refractivity contribution in [3.8, 4) is 17.2 Å². The Morgan fingerprint density at radius 3 is 0.943 bits per heavy atom. The zero-order chi connectivity index (χ0) is 37.6. The lowest BCUT2D eigenvalue weighted by Crippen LogP contribution is -2.13. The molecule has 0 unspecified atom stereocenters. The monoisotopic (exact) mass is 712 g/mol. The minimum absolute atomic E-state index is 0.00909. The molecule has 0 aromatic heterocycles. The summed E-state index contributed by atoms with van der Waals surface area (Å²) in [4.78, 5) is 76.4. The van der Waals surface area contributed by atoms with Crippen molar-refractivity contribution in [3.05, 3.63) is 149 Å². The van der Waals surface area contributed by atoms with Crippen LogP contribution in [0.5, 0.6) is 17.2 Å². The van der Waals surface area contributed by atoms with E-state index >= 15 is 0 Å². The zero-order valence-corrected chi connectivity index (χ0v) is 28.4. The zero-order valence-electron chi connectivity index (χ0n) is 28.4. The van der Waals surface area contributed by atoms with E-state index in [2.05, 4.69) is 0 Å². The Kier molecular flexibility index (Phi) is 10.2. The maximum absolute atomic E-state index is 13.8. The summed E-state index contributed by atoms with van der Waals surface area (Å²) in [5.41, 5.74) is 0.984. The number of hydrogen-bond donors (Lipinski definition) is 0. The van der Waals surface area contributed by atoms with Gasteiger partial charge in [-0.25, -0.2) is 28.8 Å². The normalized spacial score (nSPS) is 10.6. The maximum atomic E-state index is 13.8. The first-order valence-corrected chi connectivity index (χ1v) is 15.8. The minimum atomic E-state index is -0.839. The molecule has 0 heterocycles. The van der Waals surface area contributed by atoms with Crippen molar-refractivity contribution in [2.45, 2.75) is 0 Å². The van der Waals surface area contributed by atoms with Crippen LogP contribution in [-0.4, -0.2) is 57.1 Å². The highest BCUT2D eigenvalue weighted by molar-refractivity contribution is 6.13. The molecule has 0 aliphatic rings. The summed E-state index contributed by atoms with van der Waals surface area (Å²) >= 11 is 0. The largest absolute Gasteiger partial charge is 0.465 e. The Morgan fingerprint density at radius 2 is 0.642 bits per heavy atom. The van der Waals surface area contributed by atoms with Crippen LogP contribution in [0, 0.1) is 0 Å². The van der Waals surface area contributed by atoms with Crippen LogP contribution in [0.15, 0.2) is 115 Å². The number of rotatable bonds is 9. The molecule has 0 amide bonds. The number of carbonyl (C=O) groups is 6. The quantitative estimate of drug-likeness (QED) is 0.0655. The molecule has 12 nitrogen and oxygen atoms in total. The third-order valence-corrected chi connectivity index (χ3v) is 8.11. The van der Waals surface area contributed by atoms with Gasteiger partial charge in [-0.3, -0.25) is 0 Å². The summed E-state index contributed by atoms with van der Waals surface area (Å²) in [5, 5.41) is 1.42. The van der Waals surface area contributed by atoms with Crippen LogP contribution in [0.1, 0.15) is 62.1 Å². The van der Waals surface area contributed by atoms with Crippen LogP contribution >= 0.6 is 0 Å². The Balaban J connectivity index is 1.46. The molecular formula is C41H28O12. The van der Waals surface area contributed by atoms with E-state index < -0.39 is 35.8 Å². The third-order valence-electron chi connectivity index (χ3n) is 8.11. The van der Waals surface area contributed by atoms with Crippen molar-refractivity contribution >= 4 is 57.4 Å². The summed E-state index contributed by atoms with van der Waals surface area (Å²) < 4.78 is 32.0. The molecule has 0 bridgehead atoms. The highest BCUT2D eigenvalue weighted by atomic mass is 16.6. The highest BCUT2D eigenvalue weighted by Gasteiger charge is 2.24. The van der Waals surface area contributed by atoms with Crippen molar-refractivity contribution in [3.63, 3.8) is 0 Å². The van der Waals surface area contributed by atoms with E-state index in [1.165, 1.54) is 106 Å². The number of ether oxygens (including phenoxy) is 6. The summed E-state index contributed by atoms with van der Waals surface area (Å²) in [6, 6.07) is 28.4. The fraction of sp³-hybridized carbons (Fsp3) is 0.0732. The molecule has 264 valence electrons. The second kappa shape index (κ2) is 15.3. The molecule has 0 aliphatic heterocycles. The molecule has 0 saturated heterocycles.